The van der Waals surface area contributed by atoms with E-state index in [1.54, 1.807) is 24.3 Å². The van der Waals surface area contributed by atoms with Gasteiger partial charge in [-0.3, -0.25) is 4.79 Å². The molecular formula is C12H17NO4. The van der Waals surface area contributed by atoms with Crippen molar-refractivity contribution in [2.24, 2.45) is 5.73 Å². The summed E-state index contributed by atoms with van der Waals surface area (Å²) in [6.07, 6.45) is -2.59. The Bertz CT molecular complexity index is 377. The van der Waals surface area contributed by atoms with Gasteiger partial charge in [-0.15, -0.1) is 0 Å². The van der Waals surface area contributed by atoms with Gasteiger partial charge in [0.2, 0.25) is 0 Å². The largest absolute Gasteiger partial charge is 0.480 e. The molecule has 1 unspecified atom stereocenters. The maximum absolute atomic E-state index is 10.8. The van der Waals surface area contributed by atoms with Crippen LogP contribution in [0.15, 0.2) is 30.3 Å². The van der Waals surface area contributed by atoms with Gasteiger partial charge in [0.15, 0.2) is 0 Å². The van der Waals surface area contributed by atoms with Crippen LogP contribution < -0.4 is 5.73 Å². The maximum Gasteiger partial charge on any atom is 0.326 e. The Kier molecular flexibility index (Phi) is 4.22. The molecule has 0 heterocycles. The van der Waals surface area contributed by atoms with Gasteiger partial charge in [0, 0.05) is 6.42 Å². The van der Waals surface area contributed by atoms with Crippen LogP contribution in [-0.4, -0.2) is 39.0 Å². The quantitative estimate of drug-likeness (QED) is 0.567. The van der Waals surface area contributed by atoms with Crippen molar-refractivity contribution in [3.63, 3.8) is 0 Å². The fraction of sp³-hybridized carbons (Fsp3) is 0.417. The first-order valence-corrected chi connectivity index (χ1v) is 5.28. The van der Waals surface area contributed by atoms with Crippen LogP contribution in [0.3, 0.4) is 0 Å². The van der Waals surface area contributed by atoms with E-state index in [0.717, 1.165) is 5.56 Å². The van der Waals surface area contributed by atoms with Gasteiger partial charge in [0.1, 0.15) is 11.6 Å². The molecule has 0 spiro atoms. The van der Waals surface area contributed by atoms with Crippen molar-refractivity contribution in [1.29, 1.82) is 0 Å². The molecule has 0 bridgehead atoms. The van der Waals surface area contributed by atoms with Crippen LogP contribution in [0, 0.1) is 0 Å². The van der Waals surface area contributed by atoms with E-state index in [1.165, 1.54) is 6.92 Å². The van der Waals surface area contributed by atoms with Crippen molar-refractivity contribution >= 4 is 5.97 Å². The molecule has 5 heteroatoms. The molecule has 5 N–H and O–H groups in total. The lowest BCUT2D eigenvalue weighted by Gasteiger charge is -2.29. The third kappa shape index (κ3) is 3.26. The van der Waals surface area contributed by atoms with Crippen LogP contribution in [0.4, 0.5) is 0 Å². The zero-order valence-electron chi connectivity index (χ0n) is 9.58. The molecule has 1 rings (SSSR count). The molecule has 1 aromatic rings. The number of hydrogen-bond donors (Lipinski definition) is 4. The van der Waals surface area contributed by atoms with Gasteiger partial charge >= 0.3 is 5.97 Å². The Balaban J connectivity index is 2.71. The van der Waals surface area contributed by atoms with Crippen molar-refractivity contribution in [3.8, 4) is 0 Å². The monoisotopic (exact) mass is 239 g/mol. The molecule has 0 aliphatic rings. The van der Waals surface area contributed by atoms with Crippen LogP contribution in [0.25, 0.3) is 0 Å². The molecule has 94 valence electrons. The van der Waals surface area contributed by atoms with Crippen LogP contribution in [0.5, 0.6) is 0 Å². The van der Waals surface area contributed by atoms with Gasteiger partial charge in [-0.05, 0) is 12.5 Å². The van der Waals surface area contributed by atoms with E-state index >= 15 is 0 Å². The first-order chi connectivity index (χ1) is 7.85. The Hall–Kier alpha value is -1.43. The minimum Gasteiger partial charge on any atom is -0.480 e. The topological polar surface area (TPSA) is 104 Å². The second-order valence-corrected chi connectivity index (χ2v) is 4.29. The number of carboxylic acid groups (broad SMARTS) is 1. The smallest absolute Gasteiger partial charge is 0.326 e. The summed E-state index contributed by atoms with van der Waals surface area (Å²) in [5, 5.41) is 28.3. The third-order valence-corrected chi connectivity index (χ3v) is 2.73. The molecule has 0 aliphatic heterocycles. The molecule has 0 amide bonds. The molecule has 0 aromatic heterocycles. The SMILES string of the molecule is CC(N)(C(=O)O)[C@@H](O)[C@H](O)Cc1ccccc1. The third-order valence-electron chi connectivity index (χ3n) is 2.73. The Morgan fingerprint density at radius 3 is 2.35 bits per heavy atom. The van der Waals surface area contributed by atoms with E-state index in [-0.39, 0.29) is 6.42 Å². The average molecular weight is 239 g/mol. The number of hydrogen-bond acceptors (Lipinski definition) is 4. The fourth-order valence-electron chi connectivity index (χ4n) is 1.49. The number of aliphatic carboxylic acids is 1. The standard InChI is InChI=1S/C12H17NO4/c1-12(13,11(16)17)10(15)9(14)7-8-5-3-2-4-6-8/h2-6,9-10,14-15H,7,13H2,1H3,(H,16,17)/t9-,10+,12?/m1/s1. The minimum absolute atomic E-state index is 0.155. The van der Waals surface area contributed by atoms with Crippen LogP contribution in [-0.2, 0) is 11.2 Å². The molecule has 17 heavy (non-hydrogen) atoms. The maximum atomic E-state index is 10.8. The summed E-state index contributed by atoms with van der Waals surface area (Å²) in [4.78, 5) is 10.8. The predicted octanol–water partition coefficient (Wildman–Crippen LogP) is -0.247. The van der Waals surface area contributed by atoms with Crippen molar-refractivity contribution in [2.45, 2.75) is 31.1 Å². The highest BCUT2D eigenvalue weighted by molar-refractivity contribution is 5.78. The van der Waals surface area contributed by atoms with Gasteiger partial charge in [-0.2, -0.15) is 0 Å². The molecule has 1 aromatic carbocycles. The van der Waals surface area contributed by atoms with E-state index in [1.807, 2.05) is 6.07 Å². The highest BCUT2D eigenvalue weighted by Gasteiger charge is 2.40. The van der Waals surface area contributed by atoms with Crippen molar-refractivity contribution in [3.05, 3.63) is 35.9 Å². The van der Waals surface area contributed by atoms with Gasteiger partial charge in [-0.25, -0.2) is 0 Å². The van der Waals surface area contributed by atoms with Gasteiger partial charge in [-0.1, -0.05) is 30.3 Å². The first kappa shape index (κ1) is 13.6. The molecular weight excluding hydrogens is 222 g/mol. The second kappa shape index (κ2) is 5.27. The highest BCUT2D eigenvalue weighted by Crippen LogP contribution is 2.14. The molecule has 0 fully saturated rings. The number of nitrogens with two attached hydrogens (primary N) is 1. The van der Waals surface area contributed by atoms with E-state index in [2.05, 4.69) is 0 Å². The lowest BCUT2D eigenvalue weighted by Crippen LogP contribution is -2.59. The minimum atomic E-state index is -1.87. The average Bonchev–Trinajstić information content (AvgIpc) is 2.29. The Morgan fingerprint density at radius 1 is 1.35 bits per heavy atom. The van der Waals surface area contributed by atoms with Crippen molar-refractivity contribution in [1.82, 2.24) is 0 Å². The predicted molar refractivity (Wildman–Crippen MR) is 62.4 cm³/mol. The van der Waals surface area contributed by atoms with E-state index in [9.17, 15) is 15.0 Å². The molecule has 3 atom stereocenters. The lowest BCUT2D eigenvalue weighted by atomic mass is 9.89. The summed E-state index contributed by atoms with van der Waals surface area (Å²) in [7, 11) is 0. The van der Waals surface area contributed by atoms with Crippen LogP contribution >= 0.6 is 0 Å². The molecule has 0 saturated carbocycles. The summed E-state index contributed by atoms with van der Waals surface area (Å²) in [5.41, 5.74) is 4.39. The zero-order valence-corrected chi connectivity index (χ0v) is 9.58. The number of aliphatic hydroxyl groups excluding tert-OH is 2. The molecule has 0 radical (unpaired) electrons. The molecule has 5 nitrogen and oxygen atoms in total. The number of benzene rings is 1. The van der Waals surface area contributed by atoms with E-state index in [0.29, 0.717) is 0 Å². The summed E-state index contributed by atoms with van der Waals surface area (Å²) < 4.78 is 0. The number of carbonyl (C=O) groups is 1. The Labute approximate surface area is 99.5 Å². The highest BCUT2D eigenvalue weighted by atomic mass is 16.4. The fourth-order valence-corrected chi connectivity index (χ4v) is 1.49. The van der Waals surface area contributed by atoms with Gasteiger partial charge < -0.3 is 21.1 Å². The lowest BCUT2D eigenvalue weighted by molar-refractivity contribution is -0.150. The number of rotatable bonds is 5. The number of carboxylic acids is 1. The van der Waals surface area contributed by atoms with Gasteiger partial charge in [0.25, 0.3) is 0 Å². The van der Waals surface area contributed by atoms with Crippen molar-refractivity contribution in [2.75, 3.05) is 0 Å². The normalized spacial score (nSPS) is 18.1. The summed E-state index contributed by atoms with van der Waals surface area (Å²) in [5.74, 6) is -1.35. The summed E-state index contributed by atoms with van der Waals surface area (Å²) in [6, 6.07) is 8.99. The van der Waals surface area contributed by atoms with Crippen LogP contribution in [0.1, 0.15) is 12.5 Å². The second-order valence-electron chi connectivity index (χ2n) is 4.29. The van der Waals surface area contributed by atoms with Crippen LogP contribution in [0.2, 0.25) is 0 Å². The summed E-state index contributed by atoms with van der Waals surface area (Å²) >= 11 is 0. The molecule has 0 saturated heterocycles. The van der Waals surface area contributed by atoms with E-state index < -0.39 is 23.7 Å². The van der Waals surface area contributed by atoms with Gasteiger partial charge in [0.05, 0.1) is 6.10 Å². The molecule has 0 aliphatic carbocycles. The zero-order chi connectivity index (χ0) is 13.1. The Morgan fingerprint density at radius 2 is 1.88 bits per heavy atom. The first-order valence-electron chi connectivity index (χ1n) is 5.28. The number of aliphatic hydroxyl groups is 2. The summed E-state index contributed by atoms with van der Waals surface area (Å²) in [6.45, 7) is 1.17. The van der Waals surface area contributed by atoms with E-state index in [4.69, 9.17) is 10.8 Å². The van der Waals surface area contributed by atoms with Crippen molar-refractivity contribution < 1.29 is 20.1 Å².